The normalized spacial score (nSPS) is 14.1. The smallest absolute Gasteiger partial charge is 0.434 e. The van der Waals surface area contributed by atoms with Gasteiger partial charge in [0.15, 0.2) is 5.69 Å². The van der Waals surface area contributed by atoms with E-state index in [1.807, 2.05) is 0 Å². The van der Waals surface area contributed by atoms with Gasteiger partial charge in [-0.1, -0.05) is 0 Å². The monoisotopic (exact) mass is 616 g/mol. The number of nitrogens with zero attached hydrogens (tertiary/aromatic N) is 4. The number of carbonyl (C=O) groups excluding carboxylic acids is 1. The number of aryl methyl sites for hydroxylation is 1. The average Bonchev–Trinajstić information content (AvgIpc) is 3.49. The van der Waals surface area contributed by atoms with E-state index in [4.69, 9.17) is 4.74 Å². The van der Waals surface area contributed by atoms with Crippen LogP contribution in [0.1, 0.15) is 42.2 Å². The molecule has 226 valence electrons. The molecular formula is C28H27F3N6O5S. The summed E-state index contributed by atoms with van der Waals surface area (Å²) in [5.74, 6) is -0.940. The molecule has 11 nitrogen and oxygen atoms in total. The van der Waals surface area contributed by atoms with E-state index in [0.717, 1.165) is 36.0 Å². The summed E-state index contributed by atoms with van der Waals surface area (Å²) in [7, 11) is 0. The molecule has 5 rings (SSSR count). The molecule has 1 fully saturated rings. The summed E-state index contributed by atoms with van der Waals surface area (Å²) >= 11 is 0.752. The number of aromatic nitrogens is 4. The minimum Gasteiger partial charge on any atom is -0.477 e. The van der Waals surface area contributed by atoms with Crippen molar-refractivity contribution in [3.8, 4) is 21.7 Å². The molecular weight excluding hydrogens is 589 g/mol. The van der Waals surface area contributed by atoms with Gasteiger partial charge >= 0.3 is 18.2 Å². The maximum absolute atomic E-state index is 13.4. The Balaban J connectivity index is 1.61. The lowest BCUT2D eigenvalue weighted by Crippen LogP contribution is -2.28. The van der Waals surface area contributed by atoms with Gasteiger partial charge in [-0.05, 0) is 44.2 Å². The number of carboxylic acid groups (broad SMARTS) is 1. The molecule has 0 radical (unpaired) electrons. The highest BCUT2D eigenvalue weighted by molar-refractivity contribution is 7.13. The van der Waals surface area contributed by atoms with Gasteiger partial charge in [-0.2, -0.15) is 13.2 Å². The highest BCUT2D eigenvalue weighted by Crippen LogP contribution is 2.38. The lowest BCUT2D eigenvalue weighted by molar-refractivity contribution is -0.140. The zero-order valence-electron chi connectivity index (χ0n) is 22.9. The average molecular weight is 617 g/mol. The van der Waals surface area contributed by atoms with E-state index in [-0.39, 0.29) is 33.0 Å². The minimum atomic E-state index is -4.67. The molecule has 0 bridgehead atoms. The fraction of sp³-hybridized carbons (Fsp3) is 0.357. The molecule has 0 unspecified atom stereocenters. The van der Waals surface area contributed by atoms with Crippen LogP contribution in [0.3, 0.4) is 0 Å². The fourth-order valence-corrected chi connectivity index (χ4v) is 5.74. The van der Waals surface area contributed by atoms with Gasteiger partial charge in [0, 0.05) is 67.0 Å². The lowest BCUT2D eigenvalue weighted by Gasteiger charge is -2.22. The van der Waals surface area contributed by atoms with Crippen molar-refractivity contribution < 1.29 is 32.6 Å². The predicted molar refractivity (Wildman–Crippen MR) is 153 cm³/mol. The minimum absolute atomic E-state index is 0.00284. The Kier molecular flexibility index (Phi) is 8.73. The highest BCUT2D eigenvalue weighted by Gasteiger charge is 2.34. The van der Waals surface area contributed by atoms with Crippen LogP contribution >= 0.6 is 11.3 Å². The molecule has 4 aromatic rings. The number of anilines is 1. The summed E-state index contributed by atoms with van der Waals surface area (Å²) in [6.07, 6.45) is 1.91. The number of thiazole rings is 1. The van der Waals surface area contributed by atoms with Gasteiger partial charge < -0.3 is 19.7 Å². The van der Waals surface area contributed by atoms with Crippen molar-refractivity contribution in [1.82, 2.24) is 24.8 Å². The quantitative estimate of drug-likeness (QED) is 0.243. The number of hydrogen-bond donors (Lipinski definition) is 3. The number of carboxylic acids is 1. The lowest BCUT2D eigenvalue weighted by atomic mass is 9.96. The molecule has 5 heterocycles. The first kappa shape index (κ1) is 30.1. The number of ether oxygens (including phenoxy) is 1. The number of carbonyl (C=O) groups is 2. The van der Waals surface area contributed by atoms with E-state index in [1.165, 1.54) is 30.7 Å². The van der Waals surface area contributed by atoms with Crippen LogP contribution in [-0.2, 0) is 17.5 Å². The second-order valence-corrected chi connectivity index (χ2v) is 10.8. The van der Waals surface area contributed by atoms with E-state index in [9.17, 15) is 32.7 Å². The summed E-state index contributed by atoms with van der Waals surface area (Å²) in [6.45, 7) is 3.81. The van der Waals surface area contributed by atoms with Crippen molar-refractivity contribution in [1.29, 1.82) is 0 Å². The second-order valence-electron chi connectivity index (χ2n) is 9.95. The Labute approximate surface area is 246 Å². The number of fused-ring (bicyclic) bond motifs is 1. The van der Waals surface area contributed by atoms with Crippen molar-refractivity contribution in [3.63, 3.8) is 0 Å². The van der Waals surface area contributed by atoms with Gasteiger partial charge in [0.1, 0.15) is 22.0 Å². The van der Waals surface area contributed by atoms with E-state index in [2.05, 4.69) is 25.6 Å². The fourth-order valence-electron chi connectivity index (χ4n) is 4.88. The number of aromatic carboxylic acids is 1. The summed E-state index contributed by atoms with van der Waals surface area (Å²) in [5.41, 5.74) is -1.17. The molecule has 3 N–H and O–H groups in total. The number of amides is 2. The molecule has 43 heavy (non-hydrogen) atoms. The number of hydrogen-bond acceptors (Lipinski definition) is 8. The molecule has 2 amide bonds. The predicted octanol–water partition coefficient (Wildman–Crippen LogP) is 5.26. The van der Waals surface area contributed by atoms with E-state index < -0.39 is 34.9 Å². The third-order valence-corrected chi connectivity index (χ3v) is 7.96. The SMILES string of the molecule is CCNC(=O)Nc1cc(-c2nc(C(F)(F)F)cs2)c(-c2cnc3c(c2)c(=O)c(C(=O)O)cn3CCC2CCOCC2)cn1. The van der Waals surface area contributed by atoms with Crippen molar-refractivity contribution >= 4 is 40.2 Å². The Morgan fingerprint density at radius 1 is 1.16 bits per heavy atom. The van der Waals surface area contributed by atoms with Crippen LogP contribution in [0.25, 0.3) is 32.7 Å². The van der Waals surface area contributed by atoms with Gasteiger partial charge in [-0.15, -0.1) is 11.3 Å². The number of rotatable bonds is 8. The van der Waals surface area contributed by atoms with Crippen molar-refractivity contribution in [2.75, 3.05) is 25.1 Å². The first-order valence-electron chi connectivity index (χ1n) is 13.5. The number of pyridine rings is 3. The molecule has 1 aliphatic rings. The van der Waals surface area contributed by atoms with Crippen LogP contribution < -0.4 is 16.1 Å². The summed E-state index contributed by atoms with van der Waals surface area (Å²) in [6, 6.07) is 2.28. The van der Waals surface area contributed by atoms with Crippen LogP contribution in [0.2, 0.25) is 0 Å². The molecule has 1 aliphatic heterocycles. The molecule has 0 aromatic carbocycles. The number of nitrogens with one attached hydrogen (secondary N) is 2. The van der Waals surface area contributed by atoms with Crippen LogP contribution in [-0.4, -0.2) is 56.4 Å². The number of halogens is 3. The van der Waals surface area contributed by atoms with Gasteiger partial charge in [0.25, 0.3) is 0 Å². The van der Waals surface area contributed by atoms with Gasteiger partial charge in [-0.3, -0.25) is 10.1 Å². The van der Waals surface area contributed by atoms with Crippen molar-refractivity contribution in [3.05, 3.63) is 57.6 Å². The van der Waals surface area contributed by atoms with Crippen LogP contribution in [0.4, 0.5) is 23.8 Å². The number of urea groups is 1. The number of alkyl halides is 3. The molecule has 0 aliphatic carbocycles. The molecule has 4 aromatic heterocycles. The molecule has 1 saturated heterocycles. The maximum Gasteiger partial charge on any atom is 0.434 e. The Hall–Kier alpha value is -4.37. The summed E-state index contributed by atoms with van der Waals surface area (Å²) < 4.78 is 47.2. The zero-order valence-corrected chi connectivity index (χ0v) is 23.7. The van der Waals surface area contributed by atoms with Crippen LogP contribution in [0.5, 0.6) is 0 Å². The van der Waals surface area contributed by atoms with E-state index in [0.29, 0.717) is 37.8 Å². The van der Waals surface area contributed by atoms with Gasteiger partial charge in [-0.25, -0.2) is 24.5 Å². The second kappa shape index (κ2) is 12.5. The Bertz CT molecular complexity index is 1730. The van der Waals surface area contributed by atoms with Gasteiger partial charge in [0.2, 0.25) is 5.43 Å². The van der Waals surface area contributed by atoms with Crippen molar-refractivity contribution in [2.24, 2.45) is 5.92 Å². The van der Waals surface area contributed by atoms with Crippen LogP contribution in [0.15, 0.2) is 40.9 Å². The third kappa shape index (κ3) is 6.67. The standard InChI is InChI=1S/C28H27F3N6O5S/c1-2-32-27(41)36-22-10-17(25-35-21(14-43-25)28(29,30)31)19(12-33-22)16-9-18-23(38)20(26(39)40)13-37(24(18)34-11-16)6-3-15-4-7-42-8-5-15/h9-15H,2-8H2,1H3,(H,39,40)(H2,32,33,36,41). The highest BCUT2D eigenvalue weighted by atomic mass is 32.1. The largest absolute Gasteiger partial charge is 0.477 e. The molecule has 15 heteroatoms. The first-order chi connectivity index (χ1) is 20.5. The maximum atomic E-state index is 13.4. The van der Waals surface area contributed by atoms with E-state index in [1.54, 1.807) is 11.5 Å². The van der Waals surface area contributed by atoms with Crippen LogP contribution in [0, 0.1) is 5.92 Å². The van der Waals surface area contributed by atoms with Gasteiger partial charge in [0.05, 0.1) is 5.39 Å². The first-order valence-corrected chi connectivity index (χ1v) is 14.4. The van der Waals surface area contributed by atoms with Crippen molar-refractivity contribution in [2.45, 2.75) is 38.9 Å². The Morgan fingerprint density at radius 3 is 2.60 bits per heavy atom. The molecule has 0 spiro atoms. The Morgan fingerprint density at radius 2 is 1.93 bits per heavy atom. The molecule has 0 saturated carbocycles. The van der Waals surface area contributed by atoms with E-state index >= 15 is 0 Å². The summed E-state index contributed by atoms with van der Waals surface area (Å²) in [5, 5.41) is 15.7. The summed E-state index contributed by atoms with van der Waals surface area (Å²) in [4.78, 5) is 49.8. The third-order valence-electron chi connectivity index (χ3n) is 7.08. The topological polar surface area (TPSA) is 148 Å². The molecule has 0 atom stereocenters. The zero-order chi connectivity index (χ0) is 30.7.